The first-order valence-electron chi connectivity index (χ1n) is 5.82. The van der Waals surface area contributed by atoms with Crippen LogP contribution in [0.25, 0.3) is 10.2 Å². The zero-order valence-electron chi connectivity index (χ0n) is 9.64. The fraction of sp³-hybridized carbons (Fsp3) is 0.500. The Morgan fingerprint density at radius 2 is 2.41 bits per heavy atom. The van der Waals surface area contributed by atoms with Crippen molar-refractivity contribution in [2.45, 2.75) is 19.4 Å². The maximum Gasteiger partial charge on any atom is 0.141 e. The van der Waals surface area contributed by atoms with Gasteiger partial charge in [-0.15, -0.1) is 11.3 Å². The van der Waals surface area contributed by atoms with Crippen LogP contribution in [0.5, 0.6) is 0 Å². The molecule has 2 aromatic heterocycles. The van der Waals surface area contributed by atoms with Gasteiger partial charge in [0, 0.05) is 17.9 Å². The molecule has 0 amide bonds. The van der Waals surface area contributed by atoms with Crippen molar-refractivity contribution in [3.63, 3.8) is 0 Å². The molecule has 0 aromatic carbocycles. The van der Waals surface area contributed by atoms with Crippen LogP contribution in [0.3, 0.4) is 0 Å². The van der Waals surface area contributed by atoms with E-state index in [1.807, 2.05) is 0 Å². The van der Waals surface area contributed by atoms with Crippen molar-refractivity contribution < 1.29 is 0 Å². The second-order valence-electron chi connectivity index (χ2n) is 4.52. The van der Waals surface area contributed by atoms with Gasteiger partial charge in [0.2, 0.25) is 0 Å². The maximum absolute atomic E-state index is 4.49. The largest absolute Gasteiger partial charge is 0.352 e. The molecule has 1 aliphatic rings. The molecule has 5 heteroatoms. The van der Waals surface area contributed by atoms with Gasteiger partial charge in [-0.2, -0.15) is 0 Å². The van der Waals surface area contributed by atoms with E-state index in [-0.39, 0.29) is 0 Å². The van der Waals surface area contributed by atoms with Gasteiger partial charge in [0.05, 0.1) is 5.39 Å². The lowest BCUT2D eigenvalue weighted by Crippen LogP contribution is -2.34. The van der Waals surface area contributed by atoms with Crippen molar-refractivity contribution in [3.05, 3.63) is 17.8 Å². The smallest absolute Gasteiger partial charge is 0.141 e. The Bertz CT molecular complexity index is 527. The average Bonchev–Trinajstić information content (AvgIpc) is 2.94. The lowest BCUT2D eigenvalue weighted by molar-refractivity contribution is 0.553. The Kier molecular flexibility index (Phi) is 3.04. The number of anilines is 1. The number of thiophene rings is 1. The second-order valence-corrected chi connectivity index (χ2v) is 6.06. The van der Waals surface area contributed by atoms with Crippen LogP contribution in [0.15, 0.2) is 17.8 Å². The number of alkyl halides is 1. The molecule has 3 nitrogen and oxygen atoms in total. The van der Waals surface area contributed by atoms with E-state index >= 15 is 0 Å². The van der Waals surface area contributed by atoms with Crippen molar-refractivity contribution in [1.82, 2.24) is 9.97 Å². The molecule has 0 N–H and O–H groups in total. The predicted molar refractivity (Wildman–Crippen MR) is 76.1 cm³/mol. The van der Waals surface area contributed by atoms with Crippen molar-refractivity contribution in [1.29, 1.82) is 0 Å². The van der Waals surface area contributed by atoms with Gasteiger partial charge in [0.25, 0.3) is 0 Å². The standard InChI is InChI=1S/C12H14BrN3S/c1-8-2-4-16(10(8)6-13)11-9-3-5-17-12(9)15-7-14-11/h3,5,7-8,10H,2,4,6H2,1H3. The highest BCUT2D eigenvalue weighted by atomic mass is 79.9. The van der Waals surface area contributed by atoms with Gasteiger partial charge >= 0.3 is 0 Å². The molecule has 90 valence electrons. The second kappa shape index (κ2) is 4.53. The molecule has 1 saturated heterocycles. The predicted octanol–water partition coefficient (Wildman–Crippen LogP) is 3.30. The highest BCUT2D eigenvalue weighted by molar-refractivity contribution is 9.09. The summed E-state index contributed by atoms with van der Waals surface area (Å²) in [6.07, 6.45) is 2.92. The minimum atomic E-state index is 0.549. The summed E-state index contributed by atoms with van der Waals surface area (Å²) in [6, 6.07) is 2.68. The highest BCUT2D eigenvalue weighted by Gasteiger charge is 2.32. The minimum absolute atomic E-state index is 0.549. The molecule has 0 radical (unpaired) electrons. The summed E-state index contributed by atoms with van der Waals surface area (Å²) in [4.78, 5) is 12.3. The summed E-state index contributed by atoms with van der Waals surface area (Å²) >= 11 is 5.31. The topological polar surface area (TPSA) is 29.0 Å². The van der Waals surface area contributed by atoms with Crippen LogP contribution < -0.4 is 4.90 Å². The first-order valence-corrected chi connectivity index (χ1v) is 7.82. The molecule has 3 heterocycles. The Morgan fingerprint density at radius 3 is 3.24 bits per heavy atom. The van der Waals surface area contributed by atoms with E-state index in [2.05, 4.69) is 49.2 Å². The Labute approximate surface area is 113 Å². The summed E-state index contributed by atoms with van der Waals surface area (Å²) in [5.41, 5.74) is 0. The Hall–Kier alpha value is -0.680. The fourth-order valence-corrected chi connectivity index (χ4v) is 4.23. The van der Waals surface area contributed by atoms with Crippen molar-refractivity contribution in [2.24, 2.45) is 5.92 Å². The van der Waals surface area contributed by atoms with Gasteiger partial charge in [0.1, 0.15) is 17.0 Å². The first kappa shape index (κ1) is 11.4. The van der Waals surface area contributed by atoms with Crippen LogP contribution in [0, 0.1) is 5.92 Å². The van der Waals surface area contributed by atoms with E-state index in [1.165, 1.54) is 11.8 Å². The molecule has 0 bridgehead atoms. The lowest BCUT2D eigenvalue weighted by Gasteiger charge is -2.26. The number of aromatic nitrogens is 2. The summed E-state index contributed by atoms with van der Waals surface area (Å²) in [5, 5.41) is 4.28. The number of rotatable bonds is 2. The summed E-state index contributed by atoms with van der Waals surface area (Å²) < 4.78 is 0. The third-order valence-corrected chi connectivity index (χ3v) is 5.04. The summed E-state index contributed by atoms with van der Waals surface area (Å²) in [6.45, 7) is 3.41. The van der Waals surface area contributed by atoms with Crippen LogP contribution >= 0.6 is 27.3 Å². The number of halogens is 1. The van der Waals surface area contributed by atoms with E-state index in [9.17, 15) is 0 Å². The quantitative estimate of drug-likeness (QED) is 0.797. The highest BCUT2D eigenvalue weighted by Crippen LogP contribution is 2.34. The molecule has 0 saturated carbocycles. The molecule has 2 unspecified atom stereocenters. The Balaban J connectivity index is 2.06. The number of nitrogens with zero attached hydrogens (tertiary/aromatic N) is 3. The molecule has 1 aliphatic heterocycles. The minimum Gasteiger partial charge on any atom is -0.352 e. The van der Waals surface area contributed by atoms with E-state index < -0.39 is 0 Å². The van der Waals surface area contributed by atoms with Crippen molar-refractivity contribution >= 4 is 43.3 Å². The van der Waals surface area contributed by atoms with Crippen molar-refractivity contribution in [3.8, 4) is 0 Å². The third kappa shape index (κ3) is 1.85. The Morgan fingerprint density at radius 1 is 1.53 bits per heavy atom. The van der Waals surface area contributed by atoms with Crippen LogP contribution in [0.2, 0.25) is 0 Å². The van der Waals surface area contributed by atoms with Crippen LogP contribution in [-0.2, 0) is 0 Å². The van der Waals surface area contributed by atoms with Crippen molar-refractivity contribution in [2.75, 3.05) is 16.8 Å². The van der Waals surface area contributed by atoms with Gasteiger partial charge in [-0.25, -0.2) is 9.97 Å². The average molecular weight is 312 g/mol. The van der Waals surface area contributed by atoms with Gasteiger partial charge in [-0.05, 0) is 23.8 Å². The monoisotopic (exact) mass is 311 g/mol. The van der Waals surface area contributed by atoms with E-state index in [0.717, 1.165) is 28.4 Å². The number of hydrogen-bond acceptors (Lipinski definition) is 4. The van der Waals surface area contributed by atoms with Gasteiger partial charge < -0.3 is 4.90 Å². The zero-order valence-corrected chi connectivity index (χ0v) is 12.0. The van der Waals surface area contributed by atoms with Gasteiger partial charge in [-0.3, -0.25) is 0 Å². The van der Waals surface area contributed by atoms with Crippen LogP contribution in [0.1, 0.15) is 13.3 Å². The lowest BCUT2D eigenvalue weighted by atomic mass is 10.1. The molecule has 2 aromatic rings. The molecular weight excluding hydrogens is 298 g/mol. The molecule has 2 atom stereocenters. The van der Waals surface area contributed by atoms with E-state index in [0.29, 0.717) is 6.04 Å². The van der Waals surface area contributed by atoms with Crippen LogP contribution in [-0.4, -0.2) is 27.9 Å². The summed E-state index contributed by atoms with van der Waals surface area (Å²) in [7, 11) is 0. The van der Waals surface area contributed by atoms with E-state index in [4.69, 9.17) is 0 Å². The first-order chi connectivity index (χ1) is 8.31. The number of hydrogen-bond donors (Lipinski definition) is 0. The number of fused-ring (bicyclic) bond motifs is 1. The normalized spacial score (nSPS) is 24.7. The summed E-state index contributed by atoms with van der Waals surface area (Å²) in [5.74, 6) is 1.82. The van der Waals surface area contributed by atoms with Gasteiger partial charge in [0.15, 0.2) is 0 Å². The molecular formula is C12H14BrN3S. The fourth-order valence-electron chi connectivity index (χ4n) is 2.51. The molecule has 0 aliphatic carbocycles. The van der Waals surface area contributed by atoms with Crippen LogP contribution in [0.4, 0.5) is 5.82 Å². The molecule has 1 fully saturated rings. The maximum atomic E-state index is 4.49. The SMILES string of the molecule is CC1CCN(c2ncnc3sccc23)C1CBr. The molecule has 3 rings (SSSR count). The molecule has 17 heavy (non-hydrogen) atoms. The van der Waals surface area contributed by atoms with E-state index in [1.54, 1.807) is 17.7 Å². The molecule has 0 spiro atoms. The zero-order chi connectivity index (χ0) is 11.8. The third-order valence-electron chi connectivity index (χ3n) is 3.55. The van der Waals surface area contributed by atoms with Gasteiger partial charge in [-0.1, -0.05) is 22.9 Å².